The first kappa shape index (κ1) is 15.5. The van der Waals surface area contributed by atoms with Crippen LogP contribution in [0.2, 0.25) is 5.02 Å². The van der Waals surface area contributed by atoms with Crippen molar-refractivity contribution in [2.75, 3.05) is 0 Å². The van der Waals surface area contributed by atoms with Crippen LogP contribution in [0, 0.1) is 5.92 Å². The van der Waals surface area contributed by atoms with Gasteiger partial charge in [0.25, 0.3) is 0 Å². The van der Waals surface area contributed by atoms with E-state index >= 15 is 0 Å². The van der Waals surface area contributed by atoms with Crippen molar-refractivity contribution in [1.82, 2.24) is 4.57 Å². The van der Waals surface area contributed by atoms with Crippen molar-refractivity contribution in [3.63, 3.8) is 0 Å². The number of hydrogen-bond acceptors (Lipinski definition) is 1. The Morgan fingerprint density at radius 1 is 1.00 bits per heavy atom. The molecule has 3 heteroatoms. The molecular formula is C21H20ClNO. The minimum Gasteiger partial charge on any atom is -0.384 e. The molecule has 0 spiro atoms. The maximum atomic E-state index is 10.9. The van der Waals surface area contributed by atoms with Crippen molar-refractivity contribution in [2.45, 2.75) is 25.5 Å². The predicted octanol–water partition coefficient (Wildman–Crippen LogP) is 5.30. The molecule has 0 amide bonds. The van der Waals surface area contributed by atoms with Gasteiger partial charge in [-0.15, -0.1) is 0 Å². The summed E-state index contributed by atoms with van der Waals surface area (Å²) >= 11 is 6.03. The molecule has 1 N–H and O–H groups in total. The van der Waals surface area contributed by atoms with E-state index < -0.39 is 6.10 Å². The van der Waals surface area contributed by atoms with Crippen molar-refractivity contribution >= 4 is 11.6 Å². The SMILES string of the molecule is OC(c1ccccc1)c1cn(CC2CC2)cc1-c1ccc(Cl)cc1. The summed E-state index contributed by atoms with van der Waals surface area (Å²) in [6.45, 7) is 1.03. The number of rotatable bonds is 5. The molecule has 0 bridgehead atoms. The molecule has 1 atom stereocenters. The zero-order valence-electron chi connectivity index (χ0n) is 13.4. The molecule has 1 aromatic heterocycles. The first-order valence-electron chi connectivity index (χ1n) is 8.39. The third kappa shape index (κ3) is 3.26. The van der Waals surface area contributed by atoms with Crippen LogP contribution in [0.15, 0.2) is 67.0 Å². The van der Waals surface area contributed by atoms with Crippen LogP contribution in [0.3, 0.4) is 0 Å². The number of halogens is 1. The van der Waals surface area contributed by atoms with Crippen LogP contribution in [0.5, 0.6) is 0 Å². The van der Waals surface area contributed by atoms with E-state index in [2.05, 4.69) is 17.0 Å². The van der Waals surface area contributed by atoms with E-state index in [0.717, 1.165) is 39.7 Å². The second-order valence-electron chi connectivity index (χ2n) is 6.59. The van der Waals surface area contributed by atoms with Crippen molar-refractivity contribution in [1.29, 1.82) is 0 Å². The van der Waals surface area contributed by atoms with Gasteiger partial charge in [0, 0.05) is 35.1 Å². The van der Waals surface area contributed by atoms with Gasteiger partial charge in [0.15, 0.2) is 0 Å². The van der Waals surface area contributed by atoms with Gasteiger partial charge in [0.1, 0.15) is 6.10 Å². The van der Waals surface area contributed by atoms with Gasteiger partial charge in [0.05, 0.1) is 0 Å². The molecule has 1 heterocycles. The zero-order valence-corrected chi connectivity index (χ0v) is 14.2. The number of aliphatic hydroxyl groups is 1. The molecule has 4 rings (SSSR count). The van der Waals surface area contributed by atoms with Gasteiger partial charge in [0.2, 0.25) is 0 Å². The highest BCUT2D eigenvalue weighted by Crippen LogP contribution is 2.36. The average molecular weight is 338 g/mol. The Kier molecular flexibility index (Phi) is 4.17. The molecule has 1 unspecified atom stereocenters. The molecule has 122 valence electrons. The van der Waals surface area contributed by atoms with Crippen molar-refractivity contribution in [3.05, 3.63) is 83.1 Å². The maximum Gasteiger partial charge on any atom is 0.106 e. The first-order valence-corrected chi connectivity index (χ1v) is 8.77. The molecule has 3 aromatic rings. The molecule has 0 radical (unpaired) electrons. The molecule has 0 aliphatic heterocycles. The van der Waals surface area contributed by atoms with E-state index in [4.69, 9.17) is 11.6 Å². The van der Waals surface area contributed by atoms with Gasteiger partial charge in [-0.2, -0.15) is 0 Å². The fourth-order valence-corrected chi connectivity index (χ4v) is 3.26. The second-order valence-corrected chi connectivity index (χ2v) is 7.02. The number of aliphatic hydroxyl groups excluding tert-OH is 1. The van der Waals surface area contributed by atoms with Gasteiger partial charge >= 0.3 is 0 Å². The summed E-state index contributed by atoms with van der Waals surface area (Å²) in [6.07, 6.45) is 6.25. The number of nitrogens with zero attached hydrogens (tertiary/aromatic N) is 1. The van der Waals surface area contributed by atoms with E-state index in [9.17, 15) is 5.11 Å². The third-order valence-corrected chi connectivity index (χ3v) is 4.89. The summed E-state index contributed by atoms with van der Waals surface area (Å²) in [5.41, 5.74) is 4.02. The normalized spacial score (nSPS) is 15.4. The molecule has 0 saturated heterocycles. The quantitative estimate of drug-likeness (QED) is 0.671. The van der Waals surface area contributed by atoms with Crippen molar-refractivity contribution in [2.24, 2.45) is 5.92 Å². The number of hydrogen-bond donors (Lipinski definition) is 1. The lowest BCUT2D eigenvalue weighted by atomic mass is 9.97. The Bertz CT molecular complexity index is 819. The van der Waals surface area contributed by atoms with Crippen molar-refractivity contribution in [3.8, 4) is 11.1 Å². The second kappa shape index (κ2) is 6.46. The van der Waals surface area contributed by atoms with Gasteiger partial charge in [-0.1, -0.05) is 54.1 Å². The fraction of sp³-hybridized carbons (Fsp3) is 0.238. The molecule has 1 saturated carbocycles. The van der Waals surface area contributed by atoms with Crippen LogP contribution >= 0.6 is 11.6 Å². The summed E-state index contributed by atoms with van der Waals surface area (Å²) in [6, 6.07) is 17.6. The van der Waals surface area contributed by atoms with E-state index in [1.54, 1.807) is 0 Å². The number of benzene rings is 2. The van der Waals surface area contributed by atoms with Crippen LogP contribution in [-0.4, -0.2) is 9.67 Å². The van der Waals surface area contributed by atoms with Crippen LogP contribution in [0.25, 0.3) is 11.1 Å². The lowest BCUT2D eigenvalue weighted by molar-refractivity contribution is 0.220. The summed E-state index contributed by atoms with van der Waals surface area (Å²) < 4.78 is 2.23. The van der Waals surface area contributed by atoms with Crippen LogP contribution in [0.1, 0.15) is 30.1 Å². The highest BCUT2D eigenvalue weighted by Gasteiger charge is 2.24. The lowest BCUT2D eigenvalue weighted by Crippen LogP contribution is -2.00. The van der Waals surface area contributed by atoms with Crippen LogP contribution in [-0.2, 0) is 6.54 Å². The first-order chi connectivity index (χ1) is 11.7. The smallest absolute Gasteiger partial charge is 0.106 e. The predicted molar refractivity (Wildman–Crippen MR) is 98.1 cm³/mol. The monoisotopic (exact) mass is 337 g/mol. The van der Waals surface area contributed by atoms with Gasteiger partial charge < -0.3 is 9.67 Å². The molecule has 1 aliphatic carbocycles. The van der Waals surface area contributed by atoms with Gasteiger partial charge in [-0.05, 0) is 42.0 Å². The van der Waals surface area contributed by atoms with Crippen molar-refractivity contribution < 1.29 is 5.11 Å². The minimum absolute atomic E-state index is 0.627. The highest BCUT2D eigenvalue weighted by atomic mass is 35.5. The fourth-order valence-electron chi connectivity index (χ4n) is 3.13. The topological polar surface area (TPSA) is 25.2 Å². The van der Waals surface area contributed by atoms with E-state index in [-0.39, 0.29) is 0 Å². The Morgan fingerprint density at radius 3 is 2.38 bits per heavy atom. The van der Waals surface area contributed by atoms with Gasteiger partial charge in [-0.3, -0.25) is 0 Å². The molecule has 24 heavy (non-hydrogen) atoms. The average Bonchev–Trinajstić information content (AvgIpc) is 3.33. The Labute approximate surface area is 147 Å². The summed E-state index contributed by atoms with van der Waals surface area (Å²) in [7, 11) is 0. The maximum absolute atomic E-state index is 10.9. The standard InChI is InChI=1S/C21H20ClNO/c22-18-10-8-16(9-11-18)19-13-23(12-15-6-7-15)14-20(19)21(24)17-4-2-1-3-5-17/h1-5,8-11,13-15,21,24H,6-7,12H2. The zero-order chi connectivity index (χ0) is 16.5. The third-order valence-electron chi connectivity index (χ3n) is 4.64. The van der Waals surface area contributed by atoms with Gasteiger partial charge in [-0.25, -0.2) is 0 Å². The largest absolute Gasteiger partial charge is 0.384 e. The Balaban J connectivity index is 1.75. The van der Waals surface area contributed by atoms with E-state index in [1.807, 2.05) is 54.6 Å². The van der Waals surface area contributed by atoms with Crippen LogP contribution in [0.4, 0.5) is 0 Å². The molecule has 2 aromatic carbocycles. The molecule has 2 nitrogen and oxygen atoms in total. The Morgan fingerprint density at radius 2 is 1.71 bits per heavy atom. The summed E-state index contributed by atoms with van der Waals surface area (Å²) in [4.78, 5) is 0. The minimum atomic E-state index is -0.627. The molecule has 1 aliphatic rings. The van der Waals surface area contributed by atoms with Crippen LogP contribution < -0.4 is 0 Å². The van der Waals surface area contributed by atoms with E-state index in [0.29, 0.717) is 0 Å². The number of aromatic nitrogens is 1. The summed E-state index contributed by atoms with van der Waals surface area (Å²) in [5, 5.41) is 11.6. The summed E-state index contributed by atoms with van der Waals surface area (Å²) in [5.74, 6) is 0.789. The Hall–Kier alpha value is -2.03. The molecule has 1 fully saturated rings. The molecular weight excluding hydrogens is 318 g/mol. The van der Waals surface area contributed by atoms with E-state index in [1.165, 1.54) is 12.8 Å². The highest BCUT2D eigenvalue weighted by molar-refractivity contribution is 6.30. The lowest BCUT2D eigenvalue weighted by Gasteiger charge is -2.12.